The molecule has 2 N–H and O–H groups in total. The monoisotopic (exact) mass is 303 g/mol. The highest BCUT2D eigenvalue weighted by atomic mass is 32.1. The number of nitrogen functional groups attached to an aromatic ring is 1. The summed E-state index contributed by atoms with van der Waals surface area (Å²) in [5.41, 5.74) is 5.77. The number of nitrogens with zero attached hydrogens (tertiary/aromatic N) is 4. The van der Waals surface area contributed by atoms with Crippen LogP contribution >= 0.6 is 11.3 Å². The number of thiophene rings is 1. The van der Waals surface area contributed by atoms with E-state index in [1.807, 2.05) is 10.9 Å². The van der Waals surface area contributed by atoms with E-state index in [9.17, 15) is 0 Å². The van der Waals surface area contributed by atoms with Gasteiger partial charge in [0.15, 0.2) is 5.75 Å². The van der Waals surface area contributed by atoms with Crippen LogP contribution in [0.4, 0.5) is 5.95 Å². The molecule has 0 spiro atoms. The Hall–Kier alpha value is -2.15. The first-order valence-corrected chi connectivity index (χ1v) is 7.77. The zero-order chi connectivity index (χ0) is 14.8. The maximum absolute atomic E-state index is 5.85. The SMILES string of the molecule is CCCn1cc(Oc2nc(N)nc3sc(CC)cc23)cn1. The van der Waals surface area contributed by atoms with E-state index >= 15 is 0 Å². The molecule has 0 saturated heterocycles. The minimum Gasteiger partial charge on any atom is -0.435 e. The van der Waals surface area contributed by atoms with Gasteiger partial charge in [-0.15, -0.1) is 11.3 Å². The second-order valence-electron chi connectivity index (χ2n) is 4.71. The summed E-state index contributed by atoms with van der Waals surface area (Å²) in [6.07, 6.45) is 5.53. The molecule has 6 nitrogen and oxygen atoms in total. The van der Waals surface area contributed by atoms with E-state index in [1.165, 1.54) is 4.88 Å². The van der Waals surface area contributed by atoms with Crippen LogP contribution in [0.1, 0.15) is 25.1 Å². The highest BCUT2D eigenvalue weighted by Gasteiger charge is 2.13. The van der Waals surface area contributed by atoms with Crippen LogP contribution < -0.4 is 10.5 Å². The van der Waals surface area contributed by atoms with Crippen LogP contribution in [0.15, 0.2) is 18.5 Å². The molecule has 0 bridgehead atoms. The van der Waals surface area contributed by atoms with Gasteiger partial charge in [0.2, 0.25) is 11.8 Å². The van der Waals surface area contributed by atoms with E-state index in [0.29, 0.717) is 11.6 Å². The maximum Gasteiger partial charge on any atom is 0.233 e. The molecule has 0 amide bonds. The molecular formula is C14H17N5OS. The molecule has 0 radical (unpaired) electrons. The largest absolute Gasteiger partial charge is 0.435 e. The lowest BCUT2D eigenvalue weighted by Gasteiger charge is -2.03. The number of hydrogen-bond donors (Lipinski definition) is 1. The fraction of sp³-hybridized carbons (Fsp3) is 0.357. The van der Waals surface area contributed by atoms with Gasteiger partial charge < -0.3 is 10.5 Å². The van der Waals surface area contributed by atoms with E-state index in [2.05, 4.69) is 35.0 Å². The maximum atomic E-state index is 5.85. The van der Waals surface area contributed by atoms with E-state index < -0.39 is 0 Å². The van der Waals surface area contributed by atoms with E-state index in [0.717, 1.165) is 29.6 Å². The summed E-state index contributed by atoms with van der Waals surface area (Å²) < 4.78 is 7.70. The summed E-state index contributed by atoms with van der Waals surface area (Å²) in [4.78, 5) is 10.6. The first kappa shape index (κ1) is 13.8. The first-order valence-electron chi connectivity index (χ1n) is 6.95. The minimum atomic E-state index is 0.225. The second-order valence-corrected chi connectivity index (χ2v) is 5.83. The third-order valence-electron chi connectivity index (χ3n) is 3.05. The Morgan fingerprint density at radius 2 is 2.19 bits per heavy atom. The van der Waals surface area contributed by atoms with Gasteiger partial charge >= 0.3 is 0 Å². The zero-order valence-electron chi connectivity index (χ0n) is 12.0. The van der Waals surface area contributed by atoms with Crippen molar-refractivity contribution >= 4 is 27.5 Å². The Balaban J connectivity index is 1.96. The molecule has 7 heteroatoms. The van der Waals surface area contributed by atoms with Crippen molar-refractivity contribution in [3.8, 4) is 11.6 Å². The minimum absolute atomic E-state index is 0.225. The molecule has 0 aliphatic carbocycles. The number of anilines is 1. The van der Waals surface area contributed by atoms with Crippen LogP contribution in [0, 0.1) is 0 Å². The number of fused-ring (bicyclic) bond motifs is 1. The molecule has 0 aliphatic rings. The standard InChI is InChI=1S/C14H17N5OS/c1-3-5-19-8-9(7-16-19)20-12-11-6-10(4-2)21-13(11)18-14(15)17-12/h6-8H,3-5H2,1-2H3,(H2,15,17,18). The van der Waals surface area contributed by atoms with Gasteiger partial charge in [0, 0.05) is 11.4 Å². The number of aromatic nitrogens is 4. The highest BCUT2D eigenvalue weighted by molar-refractivity contribution is 7.18. The van der Waals surface area contributed by atoms with Crippen molar-refractivity contribution in [2.75, 3.05) is 5.73 Å². The normalized spacial score (nSPS) is 11.1. The lowest BCUT2D eigenvalue weighted by molar-refractivity contribution is 0.467. The van der Waals surface area contributed by atoms with Crippen molar-refractivity contribution in [2.45, 2.75) is 33.2 Å². The van der Waals surface area contributed by atoms with Crippen molar-refractivity contribution in [3.63, 3.8) is 0 Å². The van der Waals surface area contributed by atoms with Crippen LogP contribution in [-0.4, -0.2) is 19.7 Å². The number of nitrogens with two attached hydrogens (primary N) is 1. The van der Waals surface area contributed by atoms with Crippen LogP contribution in [-0.2, 0) is 13.0 Å². The fourth-order valence-corrected chi connectivity index (χ4v) is 3.04. The van der Waals surface area contributed by atoms with Crippen LogP contribution in [0.5, 0.6) is 11.6 Å². The average molecular weight is 303 g/mol. The molecule has 3 aromatic rings. The molecule has 0 fully saturated rings. The van der Waals surface area contributed by atoms with Gasteiger partial charge in [0.05, 0.1) is 17.8 Å². The Bertz CT molecular complexity index is 764. The molecule has 110 valence electrons. The van der Waals surface area contributed by atoms with Crippen molar-refractivity contribution in [1.82, 2.24) is 19.7 Å². The number of rotatable bonds is 5. The van der Waals surface area contributed by atoms with Crippen molar-refractivity contribution in [2.24, 2.45) is 0 Å². The van der Waals surface area contributed by atoms with Crippen molar-refractivity contribution in [1.29, 1.82) is 0 Å². The van der Waals surface area contributed by atoms with Gasteiger partial charge in [-0.3, -0.25) is 4.68 Å². The van der Waals surface area contributed by atoms with Crippen LogP contribution in [0.25, 0.3) is 10.2 Å². The third kappa shape index (κ3) is 2.82. The highest BCUT2D eigenvalue weighted by Crippen LogP contribution is 2.33. The number of hydrogen-bond acceptors (Lipinski definition) is 6. The van der Waals surface area contributed by atoms with Gasteiger partial charge in [0.1, 0.15) is 4.83 Å². The van der Waals surface area contributed by atoms with Crippen molar-refractivity contribution < 1.29 is 4.74 Å². The second kappa shape index (κ2) is 5.69. The Morgan fingerprint density at radius 1 is 1.33 bits per heavy atom. The van der Waals surface area contributed by atoms with E-state index in [-0.39, 0.29) is 5.95 Å². The summed E-state index contributed by atoms with van der Waals surface area (Å²) >= 11 is 1.62. The topological polar surface area (TPSA) is 78.9 Å². The predicted molar refractivity (Wildman–Crippen MR) is 83.8 cm³/mol. The molecule has 3 rings (SSSR count). The van der Waals surface area contributed by atoms with Crippen LogP contribution in [0.3, 0.4) is 0 Å². The molecule has 0 aliphatic heterocycles. The summed E-state index contributed by atoms with van der Waals surface area (Å²) in [7, 11) is 0. The quantitative estimate of drug-likeness (QED) is 0.782. The van der Waals surface area contributed by atoms with Gasteiger partial charge in [0.25, 0.3) is 0 Å². The van der Waals surface area contributed by atoms with Crippen LogP contribution in [0.2, 0.25) is 0 Å². The summed E-state index contributed by atoms with van der Waals surface area (Å²) in [6, 6.07) is 2.06. The molecule has 3 aromatic heterocycles. The molecule has 21 heavy (non-hydrogen) atoms. The number of ether oxygens (including phenoxy) is 1. The summed E-state index contributed by atoms with van der Waals surface area (Å²) in [5, 5.41) is 5.14. The Kier molecular flexibility index (Phi) is 3.74. The van der Waals surface area contributed by atoms with Gasteiger partial charge in [-0.05, 0) is 18.9 Å². The fourth-order valence-electron chi connectivity index (χ4n) is 2.07. The molecule has 0 aromatic carbocycles. The molecular weight excluding hydrogens is 286 g/mol. The summed E-state index contributed by atoms with van der Waals surface area (Å²) in [5.74, 6) is 1.37. The lowest BCUT2D eigenvalue weighted by atomic mass is 10.3. The molecule has 0 saturated carbocycles. The van der Waals surface area contributed by atoms with Gasteiger partial charge in [-0.2, -0.15) is 10.1 Å². The Morgan fingerprint density at radius 3 is 2.95 bits per heavy atom. The summed E-state index contributed by atoms with van der Waals surface area (Å²) in [6.45, 7) is 5.08. The van der Waals surface area contributed by atoms with Gasteiger partial charge in [-0.25, -0.2) is 4.98 Å². The number of aryl methyl sites for hydroxylation is 2. The first-order chi connectivity index (χ1) is 10.2. The van der Waals surface area contributed by atoms with Crippen molar-refractivity contribution in [3.05, 3.63) is 23.3 Å². The molecule has 0 unspecified atom stereocenters. The lowest BCUT2D eigenvalue weighted by Crippen LogP contribution is -1.97. The van der Waals surface area contributed by atoms with E-state index in [4.69, 9.17) is 10.5 Å². The smallest absolute Gasteiger partial charge is 0.233 e. The third-order valence-corrected chi connectivity index (χ3v) is 4.22. The Labute approximate surface area is 126 Å². The van der Waals surface area contributed by atoms with E-state index in [1.54, 1.807) is 17.5 Å². The molecule has 3 heterocycles. The predicted octanol–water partition coefficient (Wildman–Crippen LogP) is 3.23. The average Bonchev–Trinajstić information content (AvgIpc) is 3.05. The molecule has 0 atom stereocenters. The van der Waals surface area contributed by atoms with Gasteiger partial charge in [-0.1, -0.05) is 13.8 Å². The zero-order valence-corrected chi connectivity index (χ0v) is 12.9.